The van der Waals surface area contributed by atoms with Gasteiger partial charge in [0.1, 0.15) is 11.1 Å². The Morgan fingerprint density at radius 3 is 2.90 bits per heavy atom. The molecule has 0 bridgehead atoms. The number of hydrogen-bond acceptors (Lipinski definition) is 6. The zero-order valence-corrected chi connectivity index (χ0v) is 18.8. The molecule has 0 saturated heterocycles. The molecule has 0 aliphatic heterocycles. The predicted octanol–water partition coefficient (Wildman–Crippen LogP) is 5.16. The summed E-state index contributed by atoms with van der Waals surface area (Å²) < 4.78 is 1.95. The summed E-state index contributed by atoms with van der Waals surface area (Å²) in [5.74, 6) is 0.720. The van der Waals surface area contributed by atoms with Crippen LogP contribution in [0.4, 0.5) is 5.00 Å². The third-order valence-corrected chi connectivity index (χ3v) is 7.52. The summed E-state index contributed by atoms with van der Waals surface area (Å²) in [6, 6.07) is 9.78. The van der Waals surface area contributed by atoms with Crippen LogP contribution < -0.4 is 5.32 Å². The van der Waals surface area contributed by atoms with E-state index in [0.717, 1.165) is 36.8 Å². The summed E-state index contributed by atoms with van der Waals surface area (Å²) in [6.07, 6.45) is 4.15. The summed E-state index contributed by atoms with van der Waals surface area (Å²) in [7, 11) is 0. The Balaban J connectivity index is 1.47. The number of aromatic nitrogens is 3. The van der Waals surface area contributed by atoms with E-state index in [2.05, 4.69) is 21.6 Å². The van der Waals surface area contributed by atoms with Crippen molar-refractivity contribution >= 4 is 45.6 Å². The van der Waals surface area contributed by atoms with Gasteiger partial charge in [-0.1, -0.05) is 35.5 Å². The molecule has 0 unspecified atom stereocenters. The highest BCUT2D eigenvalue weighted by atomic mass is 35.5. The second kappa shape index (κ2) is 9.21. The highest BCUT2D eigenvalue weighted by Crippen LogP contribution is 2.37. The molecule has 1 amide bonds. The van der Waals surface area contributed by atoms with Crippen molar-refractivity contribution in [1.29, 1.82) is 5.26 Å². The minimum absolute atomic E-state index is 0.153. The van der Waals surface area contributed by atoms with Crippen LogP contribution in [-0.4, -0.2) is 26.4 Å². The van der Waals surface area contributed by atoms with Gasteiger partial charge in [0.05, 0.1) is 16.3 Å². The molecule has 0 fully saturated rings. The van der Waals surface area contributed by atoms with Crippen LogP contribution in [0, 0.1) is 11.3 Å². The van der Waals surface area contributed by atoms with Gasteiger partial charge in [-0.15, -0.1) is 21.5 Å². The van der Waals surface area contributed by atoms with Gasteiger partial charge < -0.3 is 9.88 Å². The quantitative estimate of drug-likeness (QED) is 0.517. The number of carbonyl (C=O) groups is 1. The second-order valence-corrected chi connectivity index (χ2v) is 9.35. The molecule has 1 N–H and O–H groups in total. The van der Waals surface area contributed by atoms with E-state index in [1.54, 1.807) is 0 Å². The number of aryl methyl sites for hydroxylation is 1. The van der Waals surface area contributed by atoms with Gasteiger partial charge in [-0.3, -0.25) is 4.79 Å². The van der Waals surface area contributed by atoms with Crippen molar-refractivity contribution in [2.75, 3.05) is 11.1 Å². The lowest BCUT2D eigenvalue weighted by molar-refractivity contribution is -0.113. The molecule has 30 heavy (non-hydrogen) atoms. The number of nitrogens with one attached hydrogen (secondary N) is 1. The van der Waals surface area contributed by atoms with Crippen molar-refractivity contribution in [1.82, 2.24) is 14.8 Å². The molecule has 1 aliphatic carbocycles. The number of anilines is 1. The van der Waals surface area contributed by atoms with Gasteiger partial charge in [-0.2, -0.15) is 5.26 Å². The lowest BCUT2D eigenvalue weighted by Crippen LogP contribution is -2.14. The second-order valence-electron chi connectivity index (χ2n) is 6.89. The van der Waals surface area contributed by atoms with Gasteiger partial charge in [0.25, 0.3) is 0 Å². The highest BCUT2D eigenvalue weighted by molar-refractivity contribution is 7.99. The number of carbonyl (C=O) groups excluding carboxylic acids is 1. The minimum atomic E-state index is -0.153. The largest absolute Gasteiger partial charge is 0.316 e. The van der Waals surface area contributed by atoms with E-state index in [4.69, 9.17) is 11.6 Å². The van der Waals surface area contributed by atoms with Crippen molar-refractivity contribution < 1.29 is 4.79 Å². The van der Waals surface area contributed by atoms with E-state index in [1.165, 1.54) is 28.0 Å². The Morgan fingerprint density at radius 1 is 1.33 bits per heavy atom. The van der Waals surface area contributed by atoms with Crippen molar-refractivity contribution in [2.24, 2.45) is 0 Å². The lowest BCUT2D eigenvalue weighted by atomic mass is 9.96. The van der Waals surface area contributed by atoms with E-state index in [0.29, 0.717) is 33.1 Å². The molecule has 0 saturated carbocycles. The Labute approximate surface area is 188 Å². The maximum atomic E-state index is 12.6. The first kappa shape index (κ1) is 20.9. The third-order valence-electron chi connectivity index (χ3n) is 5.02. The topological polar surface area (TPSA) is 83.6 Å². The van der Waals surface area contributed by atoms with Crippen molar-refractivity contribution in [2.45, 2.75) is 44.3 Å². The van der Waals surface area contributed by atoms with Crippen molar-refractivity contribution in [3.05, 3.63) is 45.3 Å². The molecular formula is C21H20ClN5OS2. The average molecular weight is 458 g/mol. The smallest absolute Gasteiger partial charge is 0.235 e. The average Bonchev–Trinajstić information content (AvgIpc) is 3.32. The van der Waals surface area contributed by atoms with Gasteiger partial charge >= 0.3 is 0 Å². The zero-order valence-electron chi connectivity index (χ0n) is 16.4. The Kier molecular flexibility index (Phi) is 6.42. The van der Waals surface area contributed by atoms with Crippen LogP contribution >= 0.6 is 34.7 Å². The summed E-state index contributed by atoms with van der Waals surface area (Å²) in [6.45, 7) is 2.66. The summed E-state index contributed by atoms with van der Waals surface area (Å²) in [5.41, 5.74) is 2.56. The molecule has 154 valence electrons. The number of amides is 1. The van der Waals surface area contributed by atoms with Crippen LogP contribution in [-0.2, 0) is 24.2 Å². The van der Waals surface area contributed by atoms with Gasteiger partial charge in [-0.05, 0) is 50.3 Å². The number of nitriles is 1. The fourth-order valence-corrected chi connectivity index (χ4v) is 5.87. The maximum absolute atomic E-state index is 12.6. The van der Waals surface area contributed by atoms with E-state index < -0.39 is 0 Å². The van der Waals surface area contributed by atoms with Crippen LogP contribution in [0.15, 0.2) is 29.4 Å². The Morgan fingerprint density at radius 2 is 2.13 bits per heavy atom. The van der Waals surface area contributed by atoms with Crippen molar-refractivity contribution in [3.63, 3.8) is 0 Å². The molecule has 1 aliphatic rings. The first-order valence-corrected chi connectivity index (χ1v) is 12.0. The molecular weight excluding hydrogens is 438 g/mol. The molecule has 2 aromatic heterocycles. The first-order chi connectivity index (χ1) is 14.6. The van der Waals surface area contributed by atoms with E-state index >= 15 is 0 Å². The van der Waals surface area contributed by atoms with E-state index in [1.807, 2.05) is 35.8 Å². The maximum Gasteiger partial charge on any atom is 0.235 e. The van der Waals surface area contributed by atoms with Gasteiger partial charge in [0, 0.05) is 17.0 Å². The molecule has 2 heterocycles. The van der Waals surface area contributed by atoms with Crippen LogP contribution in [0.25, 0.3) is 11.4 Å². The molecule has 3 aromatic rings. The lowest BCUT2D eigenvalue weighted by Gasteiger charge is -2.09. The highest BCUT2D eigenvalue weighted by Gasteiger charge is 2.22. The van der Waals surface area contributed by atoms with Crippen LogP contribution in [0.1, 0.15) is 35.8 Å². The molecule has 1 aromatic carbocycles. The molecule has 0 atom stereocenters. The standard InChI is InChI=1S/C21H20ClN5OS2/c1-2-27-19(14-8-3-5-9-16(14)22)25-26-21(27)29-12-18(28)24-20-15(11-23)13-7-4-6-10-17(13)30-20/h3,5,8-9H,2,4,6-7,10,12H2,1H3,(H,24,28). The number of hydrogen-bond donors (Lipinski definition) is 1. The Bertz CT molecular complexity index is 1130. The van der Waals surface area contributed by atoms with Crippen molar-refractivity contribution in [3.8, 4) is 17.5 Å². The SMILES string of the molecule is CCn1c(SCC(=O)Nc2sc3c(c2C#N)CCCC3)nnc1-c1ccccc1Cl. The number of nitrogens with zero attached hydrogens (tertiary/aromatic N) is 4. The number of halogens is 1. The van der Waals surface area contributed by atoms with Gasteiger partial charge in [0.15, 0.2) is 11.0 Å². The number of thiophene rings is 1. The fraction of sp³-hybridized carbons (Fsp3) is 0.333. The molecule has 0 radical (unpaired) electrons. The van der Waals surface area contributed by atoms with Crippen LogP contribution in [0.5, 0.6) is 0 Å². The molecule has 0 spiro atoms. The predicted molar refractivity (Wildman–Crippen MR) is 121 cm³/mol. The number of benzene rings is 1. The number of fused-ring (bicyclic) bond motifs is 1. The third kappa shape index (κ3) is 4.10. The fourth-order valence-electron chi connectivity index (χ4n) is 3.59. The van der Waals surface area contributed by atoms with E-state index in [-0.39, 0.29) is 11.7 Å². The first-order valence-electron chi connectivity index (χ1n) is 9.77. The van der Waals surface area contributed by atoms with Crippen LogP contribution in [0.3, 0.4) is 0 Å². The molecule has 9 heteroatoms. The Hall–Kier alpha value is -2.34. The summed E-state index contributed by atoms with van der Waals surface area (Å²) in [5, 5.41) is 23.0. The minimum Gasteiger partial charge on any atom is -0.316 e. The number of thioether (sulfide) groups is 1. The molecule has 4 rings (SSSR count). The summed E-state index contributed by atoms with van der Waals surface area (Å²) in [4.78, 5) is 13.8. The van der Waals surface area contributed by atoms with E-state index in [9.17, 15) is 10.1 Å². The zero-order chi connectivity index (χ0) is 21.1. The normalized spacial score (nSPS) is 13.0. The molecule has 6 nitrogen and oxygen atoms in total. The number of rotatable bonds is 6. The van der Waals surface area contributed by atoms with Gasteiger partial charge in [0.2, 0.25) is 5.91 Å². The van der Waals surface area contributed by atoms with Crippen LogP contribution in [0.2, 0.25) is 5.02 Å². The monoisotopic (exact) mass is 457 g/mol. The summed E-state index contributed by atoms with van der Waals surface area (Å²) >= 11 is 9.17. The van der Waals surface area contributed by atoms with Gasteiger partial charge in [-0.25, -0.2) is 0 Å².